The third kappa shape index (κ3) is 4.16. The molecule has 2 heteroatoms. The topological polar surface area (TPSA) is 8.17 Å². The predicted octanol–water partition coefficient (Wildman–Crippen LogP) is 15.0. The molecule has 10 aromatic rings. The maximum absolute atomic E-state index is 2.62. The Hall–Kier alpha value is -7.16. The number of hydrogen-bond acceptors (Lipinski definition) is 1. The van der Waals surface area contributed by atoms with Gasteiger partial charge < -0.3 is 9.47 Å². The summed E-state index contributed by atoms with van der Waals surface area (Å²) < 4.78 is 2.44. The molecule has 2 aliphatic carbocycles. The van der Waals surface area contributed by atoms with Crippen molar-refractivity contribution in [1.82, 2.24) is 4.57 Å². The standard InChI is InChI=1S/C57H40N2/c1-56(2)47-25-10-6-20-40(47)45-30-31-49-55(54(45)56)59(52-29-15-24-44-41-21-7-11-26-48(41)57(49,3)53(44)52)37-18-14-17-36(32-37)46-34-38(33-35-16-4-5-19-39(35)46)58-50-27-12-8-22-42(50)43-23-9-13-28-51(43)58/h4-34H,1-3H3. The Kier molecular flexibility index (Phi) is 6.40. The summed E-state index contributed by atoms with van der Waals surface area (Å²) in [5.74, 6) is 0. The molecule has 0 N–H and O–H groups in total. The highest BCUT2D eigenvalue weighted by molar-refractivity contribution is 6.10. The highest BCUT2D eigenvalue weighted by Gasteiger charge is 2.51. The molecule has 0 spiro atoms. The van der Waals surface area contributed by atoms with Crippen LogP contribution in [0.3, 0.4) is 0 Å². The number of nitrogens with zero attached hydrogens (tertiary/aromatic N) is 2. The number of anilines is 3. The summed E-state index contributed by atoms with van der Waals surface area (Å²) in [6.07, 6.45) is 0. The number of fused-ring (bicyclic) bond motifs is 13. The quantitative estimate of drug-likeness (QED) is 0.174. The summed E-state index contributed by atoms with van der Waals surface area (Å²) >= 11 is 0. The number of hydrogen-bond donors (Lipinski definition) is 0. The summed E-state index contributed by atoms with van der Waals surface area (Å²) in [5, 5.41) is 5.01. The van der Waals surface area contributed by atoms with Crippen molar-refractivity contribution in [1.29, 1.82) is 0 Å². The lowest BCUT2D eigenvalue weighted by molar-refractivity contribution is 0.647. The second-order valence-electron chi connectivity index (χ2n) is 17.4. The van der Waals surface area contributed by atoms with Crippen LogP contribution in [0.1, 0.15) is 48.6 Å². The van der Waals surface area contributed by atoms with Gasteiger partial charge in [0.2, 0.25) is 0 Å². The van der Waals surface area contributed by atoms with Crippen LogP contribution in [-0.2, 0) is 10.8 Å². The smallest absolute Gasteiger partial charge is 0.0553 e. The van der Waals surface area contributed by atoms with Gasteiger partial charge in [0.1, 0.15) is 0 Å². The monoisotopic (exact) mass is 752 g/mol. The fourth-order valence-corrected chi connectivity index (χ4v) is 11.6. The Morgan fingerprint density at radius 1 is 0.390 bits per heavy atom. The second kappa shape index (κ2) is 11.5. The molecule has 59 heavy (non-hydrogen) atoms. The van der Waals surface area contributed by atoms with Gasteiger partial charge in [-0.3, -0.25) is 0 Å². The SMILES string of the molecule is CC1(C)c2ccccc2-c2ccc3c(c21)N(c1cccc(-c2cc(-n4c5ccccc5c5ccccc54)cc4ccccc24)c1)c1cccc2c1C3(C)c1ccccc1-2. The first-order valence-corrected chi connectivity index (χ1v) is 20.9. The average Bonchev–Trinajstić information content (AvgIpc) is 3.85. The summed E-state index contributed by atoms with van der Waals surface area (Å²) in [7, 11) is 0. The first-order chi connectivity index (χ1) is 28.9. The van der Waals surface area contributed by atoms with Crippen LogP contribution in [0.25, 0.3) is 71.6 Å². The minimum absolute atomic E-state index is 0.205. The van der Waals surface area contributed by atoms with E-state index in [1.54, 1.807) is 0 Å². The summed E-state index contributed by atoms with van der Waals surface area (Å²) in [6, 6.07) is 70.6. The van der Waals surface area contributed by atoms with Crippen molar-refractivity contribution in [3.63, 3.8) is 0 Å². The molecule has 0 radical (unpaired) electrons. The van der Waals surface area contributed by atoms with Gasteiger partial charge in [-0.15, -0.1) is 0 Å². The van der Waals surface area contributed by atoms with Crippen molar-refractivity contribution >= 4 is 49.6 Å². The van der Waals surface area contributed by atoms with Crippen LogP contribution in [0, 0.1) is 0 Å². The molecular formula is C57H40N2. The van der Waals surface area contributed by atoms with Gasteiger partial charge in [-0.1, -0.05) is 159 Å². The largest absolute Gasteiger partial charge is 0.309 e. The van der Waals surface area contributed by atoms with Crippen LogP contribution in [0.2, 0.25) is 0 Å². The van der Waals surface area contributed by atoms with E-state index in [4.69, 9.17) is 0 Å². The molecule has 9 aromatic carbocycles. The molecule has 0 bridgehead atoms. The fraction of sp³-hybridized carbons (Fsp3) is 0.0877. The summed E-state index contributed by atoms with van der Waals surface area (Å²) in [5.41, 5.74) is 21.5. The molecular weight excluding hydrogens is 713 g/mol. The molecule has 13 rings (SSSR count). The van der Waals surface area contributed by atoms with Gasteiger partial charge in [0.25, 0.3) is 0 Å². The van der Waals surface area contributed by atoms with Crippen molar-refractivity contribution in [3.05, 3.63) is 216 Å². The van der Waals surface area contributed by atoms with Gasteiger partial charge in [0, 0.05) is 33.0 Å². The van der Waals surface area contributed by atoms with E-state index in [1.165, 1.54) is 111 Å². The van der Waals surface area contributed by atoms with E-state index in [9.17, 15) is 0 Å². The molecule has 2 heterocycles. The molecule has 278 valence electrons. The number of benzene rings is 9. The number of aromatic nitrogens is 1. The summed E-state index contributed by atoms with van der Waals surface area (Å²) in [6.45, 7) is 7.33. The zero-order chi connectivity index (χ0) is 39.2. The van der Waals surface area contributed by atoms with Gasteiger partial charge in [-0.2, -0.15) is 0 Å². The van der Waals surface area contributed by atoms with E-state index in [0.29, 0.717) is 0 Å². The van der Waals surface area contributed by atoms with Crippen LogP contribution >= 0.6 is 0 Å². The zero-order valence-electron chi connectivity index (χ0n) is 33.3. The van der Waals surface area contributed by atoms with Gasteiger partial charge in [0.05, 0.1) is 22.4 Å². The molecule has 0 amide bonds. The Bertz CT molecular complexity index is 3400. The number of para-hydroxylation sites is 2. The zero-order valence-corrected chi connectivity index (χ0v) is 33.3. The van der Waals surface area contributed by atoms with Crippen molar-refractivity contribution in [2.45, 2.75) is 31.6 Å². The fourth-order valence-electron chi connectivity index (χ4n) is 11.6. The van der Waals surface area contributed by atoms with E-state index in [0.717, 1.165) is 5.69 Å². The molecule has 0 saturated carbocycles. The lowest BCUT2D eigenvalue weighted by Crippen LogP contribution is -2.34. The van der Waals surface area contributed by atoms with Crippen molar-refractivity contribution in [2.24, 2.45) is 0 Å². The molecule has 1 atom stereocenters. The van der Waals surface area contributed by atoms with Crippen molar-refractivity contribution in [2.75, 3.05) is 4.90 Å². The van der Waals surface area contributed by atoms with E-state index >= 15 is 0 Å². The third-order valence-electron chi connectivity index (χ3n) is 14.1. The Morgan fingerprint density at radius 2 is 1.00 bits per heavy atom. The first-order valence-electron chi connectivity index (χ1n) is 20.9. The Balaban J connectivity index is 1.09. The average molecular weight is 753 g/mol. The minimum Gasteiger partial charge on any atom is -0.309 e. The maximum Gasteiger partial charge on any atom is 0.0553 e. The van der Waals surface area contributed by atoms with Gasteiger partial charge in [-0.05, 0) is 121 Å². The maximum atomic E-state index is 2.62. The normalized spacial score (nSPS) is 16.6. The number of rotatable bonds is 3. The van der Waals surface area contributed by atoms with Gasteiger partial charge in [-0.25, -0.2) is 0 Å². The lowest BCUT2D eigenvalue weighted by Gasteiger charge is -2.45. The van der Waals surface area contributed by atoms with Crippen molar-refractivity contribution in [3.8, 4) is 39.1 Å². The first kappa shape index (κ1) is 32.9. The molecule has 0 saturated heterocycles. The van der Waals surface area contributed by atoms with Crippen LogP contribution < -0.4 is 4.90 Å². The Labute approximate surface area is 344 Å². The van der Waals surface area contributed by atoms with Crippen LogP contribution in [0.15, 0.2) is 188 Å². The summed E-state index contributed by atoms with van der Waals surface area (Å²) in [4.78, 5) is 2.62. The second-order valence-corrected chi connectivity index (χ2v) is 17.4. The molecule has 2 nitrogen and oxygen atoms in total. The molecule has 1 aliphatic heterocycles. The van der Waals surface area contributed by atoms with E-state index < -0.39 is 0 Å². The molecule has 1 unspecified atom stereocenters. The van der Waals surface area contributed by atoms with Gasteiger partial charge >= 0.3 is 0 Å². The molecule has 3 aliphatic rings. The Morgan fingerprint density at radius 3 is 1.78 bits per heavy atom. The molecule has 1 aromatic heterocycles. The van der Waals surface area contributed by atoms with Crippen LogP contribution in [0.4, 0.5) is 17.1 Å². The lowest BCUT2D eigenvalue weighted by atomic mass is 9.68. The molecule has 0 fully saturated rings. The van der Waals surface area contributed by atoms with E-state index in [2.05, 4.69) is 218 Å². The van der Waals surface area contributed by atoms with Crippen molar-refractivity contribution < 1.29 is 0 Å². The highest BCUT2D eigenvalue weighted by atomic mass is 15.2. The van der Waals surface area contributed by atoms with Gasteiger partial charge in [0.15, 0.2) is 0 Å². The van der Waals surface area contributed by atoms with Crippen LogP contribution in [0.5, 0.6) is 0 Å². The predicted molar refractivity (Wildman–Crippen MR) is 247 cm³/mol. The third-order valence-corrected chi connectivity index (χ3v) is 14.1. The van der Waals surface area contributed by atoms with Crippen LogP contribution in [-0.4, -0.2) is 4.57 Å². The minimum atomic E-state index is -0.307. The van der Waals surface area contributed by atoms with E-state index in [-0.39, 0.29) is 10.8 Å². The van der Waals surface area contributed by atoms with E-state index in [1.807, 2.05) is 0 Å². The highest BCUT2D eigenvalue weighted by Crippen LogP contribution is 2.66.